The Morgan fingerprint density at radius 3 is 1.93 bits per heavy atom. The van der Waals surface area contributed by atoms with Crippen LogP contribution >= 0.6 is 0 Å². The Kier molecular flexibility index (Phi) is 8.14. The van der Waals surface area contributed by atoms with Gasteiger partial charge in [0, 0.05) is 26.8 Å². The van der Waals surface area contributed by atoms with Gasteiger partial charge >= 0.3 is 0 Å². The Bertz CT molecular complexity index is 122. The minimum atomic E-state index is -0.133. The van der Waals surface area contributed by atoms with Crippen LogP contribution in [-0.4, -0.2) is 33.1 Å². The SMILES string of the molecule is CCC(CC)C(C)NCC(OC)OC. The summed E-state index contributed by atoms with van der Waals surface area (Å²) in [6, 6.07) is 0.526. The minimum absolute atomic E-state index is 0.133. The second-order valence-electron chi connectivity index (χ2n) is 3.67. The Morgan fingerprint density at radius 2 is 1.57 bits per heavy atom. The Labute approximate surface area is 88.2 Å². The van der Waals surface area contributed by atoms with Crippen LogP contribution in [0.2, 0.25) is 0 Å². The lowest BCUT2D eigenvalue weighted by atomic mass is 9.95. The first-order valence-electron chi connectivity index (χ1n) is 5.48. The molecule has 1 unspecified atom stereocenters. The zero-order valence-electron chi connectivity index (χ0n) is 10.2. The summed E-state index contributed by atoms with van der Waals surface area (Å²) in [6.45, 7) is 7.44. The van der Waals surface area contributed by atoms with Crippen molar-refractivity contribution in [3.63, 3.8) is 0 Å². The second kappa shape index (κ2) is 8.21. The standard InChI is InChI=1S/C11H25NO2/c1-6-10(7-2)9(3)12-8-11(13-4)14-5/h9-12H,6-8H2,1-5H3. The van der Waals surface area contributed by atoms with Crippen molar-refractivity contribution >= 4 is 0 Å². The molecule has 0 aliphatic rings. The molecule has 3 nitrogen and oxygen atoms in total. The van der Waals surface area contributed by atoms with Gasteiger partial charge in [0.2, 0.25) is 0 Å². The number of methoxy groups -OCH3 is 2. The third-order valence-corrected chi connectivity index (χ3v) is 2.89. The molecule has 0 fully saturated rings. The van der Waals surface area contributed by atoms with Gasteiger partial charge in [0.15, 0.2) is 6.29 Å². The van der Waals surface area contributed by atoms with Gasteiger partial charge in [0.25, 0.3) is 0 Å². The first kappa shape index (κ1) is 13.9. The lowest BCUT2D eigenvalue weighted by Gasteiger charge is -2.24. The lowest BCUT2D eigenvalue weighted by molar-refractivity contribution is -0.100. The summed E-state index contributed by atoms with van der Waals surface area (Å²) in [4.78, 5) is 0. The van der Waals surface area contributed by atoms with Crippen LogP contribution in [0.1, 0.15) is 33.6 Å². The molecule has 1 atom stereocenters. The number of ether oxygens (including phenoxy) is 2. The summed E-state index contributed by atoms with van der Waals surface area (Å²) < 4.78 is 10.2. The summed E-state index contributed by atoms with van der Waals surface area (Å²) >= 11 is 0. The van der Waals surface area contributed by atoms with Gasteiger partial charge in [0.1, 0.15) is 0 Å². The van der Waals surface area contributed by atoms with E-state index in [1.807, 2.05) is 0 Å². The van der Waals surface area contributed by atoms with Gasteiger partial charge in [-0.3, -0.25) is 0 Å². The smallest absolute Gasteiger partial charge is 0.169 e. The monoisotopic (exact) mass is 203 g/mol. The highest BCUT2D eigenvalue weighted by atomic mass is 16.7. The first-order chi connectivity index (χ1) is 6.69. The van der Waals surface area contributed by atoms with Crippen LogP contribution in [0.25, 0.3) is 0 Å². The minimum Gasteiger partial charge on any atom is -0.355 e. The molecule has 0 aliphatic carbocycles. The molecule has 0 heterocycles. The molecule has 0 bridgehead atoms. The summed E-state index contributed by atoms with van der Waals surface area (Å²) in [5.41, 5.74) is 0. The van der Waals surface area contributed by atoms with Crippen molar-refractivity contribution in [2.45, 2.75) is 45.9 Å². The van der Waals surface area contributed by atoms with E-state index in [9.17, 15) is 0 Å². The third-order valence-electron chi connectivity index (χ3n) is 2.89. The van der Waals surface area contributed by atoms with E-state index in [0.717, 1.165) is 12.5 Å². The van der Waals surface area contributed by atoms with Gasteiger partial charge in [-0.15, -0.1) is 0 Å². The van der Waals surface area contributed by atoms with Crippen molar-refractivity contribution in [2.75, 3.05) is 20.8 Å². The predicted octanol–water partition coefficient (Wildman–Crippen LogP) is 2.02. The fraction of sp³-hybridized carbons (Fsp3) is 1.00. The quantitative estimate of drug-likeness (QED) is 0.612. The van der Waals surface area contributed by atoms with Gasteiger partial charge in [-0.05, 0) is 12.8 Å². The maximum absolute atomic E-state index is 5.11. The van der Waals surface area contributed by atoms with Crippen molar-refractivity contribution < 1.29 is 9.47 Å². The van der Waals surface area contributed by atoms with E-state index in [-0.39, 0.29) is 6.29 Å². The molecule has 0 saturated carbocycles. The number of hydrogen-bond acceptors (Lipinski definition) is 3. The summed E-state index contributed by atoms with van der Waals surface area (Å²) in [6.07, 6.45) is 2.30. The van der Waals surface area contributed by atoms with Crippen LogP contribution in [0.5, 0.6) is 0 Å². The fourth-order valence-corrected chi connectivity index (χ4v) is 1.71. The molecular weight excluding hydrogens is 178 g/mol. The normalized spacial score (nSPS) is 13.9. The highest BCUT2D eigenvalue weighted by Gasteiger charge is 2.14. The van der Waals surface area contributed by atoms with Crippen molar-refractivity contribution in [1.82, 2.24) is 5.32 Å². The van der Waals surface area contributed by atoms with Crippen molar-refractivity contribution in [1.29, 1.82) is 0 Å². The molecule has 0 aromatic heterocycles. The highest BCUT2D eigenvalue weighted by molar-refractivity contribution is 4.70. The van der Waals surface area contributed by atoms with Crippen LogP contribution in [0, 0.1) is 5.92 Å². The molecule has 0 saturated heterocycles. The molecular formula is C11H25NO2. The molecule has 3 heteroatoms. The fourth-order valence-electron chi connectivity index (χ4n) is 1.71. The zero-order chi connectivity index (χ0) is 11.0. The first-order valence-corrected chi connectivity index (χ1v) is 5.48. The van der Waals surface area contributed by atoms with Crippen molar-refractivity contribution in [3.05, 3.63) is 0 Å². The van der Waals surface area contributed by atoms with E-state index in [1.165, 1.54) is 12.8 Å². The van der Waals surface area contributed by atoms with Gasteiger partial charge in [-0.1, -0.05) is 26.7 Å². The topological polar surface area (TPSA) is 30.5 Å². The number of nitrogens with one attached hydrogen (secondary N) is 1. The van der Waals surface area contributed by atoms with Gasteiger partial charge in [-0.2, -0.15) is 0 Å². The van der Waals surface area contributed by atoms with Crippen LogP contribution in [0.4, 0.5) is 0 Å². The van der Waals surface area contributed by atoms with E-state index < -0.39 is 0 Å². The van der Waals surface area contributed by atoms with Gasteiger partial charge in [-0.25, -0.2) is 0 Å². The number of rotatable bonds is 8. The predicted molar refractivity (Wildman–Crippen MR) is 59.3 cm³/mol. The summed E-state index contributed by atoms with van der Waals surface area (Å²) in [5.74, 6) is 0.740. The molecule has 1 N–H and O–H groups in total. The highest BCUT2D eigenvalue weighted by Crippen LogP contribution is 2.12. The third kappa shape index (κ3) is 4.94. The molecule has 14 heavy (non-hydrogen) atoms. The number of hydrogen-bond donors (Lipinski definition) is 1. The maximum atomic E-state index is 5.11. The van der Waals surface area contributed by atoms with Crippen LogP contribution in [0.3, 0.4) is 0 Å². The average molecular weight is 203 g/mol. The molecule has 0 aromatic rings. The van der Waals surface area contributed by atoms with Gasteiger partial charge < -0.3 is 14.8 Å². The lowest BCUT2D eigenvalue weighted by Crippen LogP contribution is -2.39. The van der Waals surface area contributed by atoms with Crippen molar-refractivity contribution in [3.8, 4) is 0 Å². The van der Waals surface area contributed by atoms with E-state index in [4.69, 9.17) is 9.47 Å². The van der Waals surface area contributed by atoms with Crippen LogP contribution in [-0.2, 0) is 9.47 Å². The molecule has 0 spiro atoms. The average Bonchev–Trinajstić information content (AvgIpc) is 2.21. The molecule has 86 valence electrons. The second-order valence-corrected chi connectivity index (χ2v) is 3.67. The maximum Gasteiger partial charge on any atom is 0.169 e. The van der Waals surface area contributed by atoms with Gasteiger partial charge in [0.05, 0.1) is 0 Å². The van der Waals surface area contributed by atoms with Crippen molar-refractivity contribution in [2.24, 2.45) is 5.92 Å². The van der Waals surface area contributed by atoms with E-state index in [1.54, 1.807) is 14.2 Å². The molecule has 0 aliphatic heterocycles. The largest absolute Gasteiger partial charge is 0.355 e. The van der Waals surface area contributed by atoms with E-state index in [2.05, 4.69) is 26.1 Å². The Morgan fingerprint density at radius 1 is 1.07 bits per heavy atom. The molecule has 0 radical (unpaired) electrons. The van der Waals surface area contributed by atoms with Crippen LogP contribution in [0.15, 0.2) is 0 Å². The molecule has 0 aromatic carbocycles. The summed E-state index contributed by atoms with van der Waals surface area (Å²) in [7, 11) is 3.33. The van der Waals surface area contributed by atoms with E-state index in [0.29, 0.717) is 6.04 Å². The molecule has 0 amide bonds. The Balaban J connectivity index is 3.75. The molecule has 0 rings (SSSR count). The van der Waals surface area contributed by atoms with E-state index >= 15 is 0 Å². The zero-order valence-corrected chi connectivity index (χ0v) is 10.2. The summed E-state index contributed by atoms with van der Waals surface area (Å²) in [5, 5.41) is 3.44. The Hall–Kier alpha value is -0.120. The van der Waals surface area contributed by atoms with Crippen LogP contribution < -0.4 is 5.32 Å².